The van der Waals surface area contributed by atoms with Gasteiger partial charge in [0.25, 0.3) is 0 Å². The first-order valence-corrected chi connectivity index (χ1v) is 16.6. The molecule has 47 heavy (non-hydrogen) atoms. The van der Waals surface area contributed by atoms with E-state index in [0.717, 1.165) is 11.1 Å². The van der Waals surface area contributed by atoms with E-state index in [4.69, 9.17) is 4.74 Å². The van der Waals surface area contributed by atoms with Crippen molar-refractivity contribution in [2.75, 3.05) is 13.2 Å². The molecule has 1 saturated heterocycles. The van der Waals surface area contributed by atoms with Crippen molar-refractivity contribution >= 4 is 29.4 Å². The van der Waals surface area contributed by atoms with Crippen LogP contribution in [0, 0.1) is 18.3 Å². The Bertz CT molecular complexity index is 1330. The summed E-state index contributed by atoms with van der Waals surface area (Å²) in [4.78, 5) is 65.5. The minimum Gasteiger partial charge on any atom is -0.361 e. The van der Waals surface area contributed by atoms with Gasteiger partial charge in [-0.3, -0.25) is 24.0 Å². The van der Waals surface area contributed by atoms with Crippen molar-refractivity contribution in [2.24, 2.45) is 11.8 Å². The van der Waals surface area contributed by atoms with E-state index in [1.54, 1.807) is 6.92 Å². The highest BCUT2D eigenvalue weighted by atomic mass is 16.6. The molecule has 3 unspecified atom stereocenters. The number of carbonyl (C=O) groups is 5. The molecule has 4 atom stereocenters. The molecule has 10 nitrogen and oxygen atoms in total. The lowest BCUT2D eigenvalue weighted by atomic mass is 9.93. The number of aryl methyl sites for hydroxylation is 1. The topological polar surface area (TPSA) is 146 Å². The second-order valence-corrected chi connectivity index (χ2v) is 13.4. The van der Waals surface area contributed by atoms with Crippen LogP contribution in [0.2, 0.25) is 0 Å². The molecule has 4 N–H and O–H groups in total. The Kier molecular flexibility index (Phi) is 14.6. The standard InChI is InChI=1S/C37H51N4O6/c1-25(2)21-30(34(44)37(5)24-47-37)40-33(43)23-38-35(45)31(22-26(3)4)41-36(46)29(20-19-28-15-10-7-11-16-28)39-32(42)18-12-17-27-13-8-6-9-14-27/h6-16,25-26,29-31H,17-24H2,1-5H3,(H,38,45)(H,39,42)(H,40,43)(H,41,46)/t29?,30?,31?,37-/m1/s1. The molecule has 1 aliphatic heterocycles. The lowest BCUT2D eigenvalue weighted by Crippen LogP contribution is -2.55. The van der Waals surface area contributed by atoms with Crippen molar-refractivity contribution in [3.63, 3.8) is 0 Å². The molecule has 4 amide bonds. The van der Waals surface area contributed by atoms with Gasteiger partial charge in [-0.15, -0.1) is 0 Å². The molecule has 1 radical (unpaired) electrons. The molecule has 1 heterocycles. The molecule has 0 bridgehead atoms. The first-order valence-electron chi connectivity index (χ1n) is 16.6. The van der Waals surface area contributed by atoms with E-state index in [1.807, 2.05) is 94.8 Å². The van der Waals surface area contributed by atoms with Crippen LogP contribution < -0.4 is 21.3 Å². The summed E-state index contributed by atoms with van der Waals surface area (Å²) in [5, 5.41) is 11.1. The van der Waals surface area contributed by atoms with Crippen molar-refractivity contribution in [2.45, 2.75) is 96.9 Å². The van der Waals surface area contributed by atoms with Crippen molar-refractivity contribution in [3.8, 4) is 0 Å². The summed E-state index contributed by atoms with van der Waals surface area (Å²) in [6.45, 7) is 9.45. The number of Topliss-reactive ketones (excluding diaryl/α,β-unsaturated/α-hetero) is 1. The smallest absolute Gasteiger partial charge is 0.243 e. The van der Waals surface area contributed by atoms with Crippen LogP contribution in [0.25, 0.3) is 0 Å². The third-order valence-corrected chi connectivity index (χ3v) is 7.99. The molecule has 1 aliphatic rings. The number of benzene rings is 2. The minimum absolute atomic E-state index is 0.0529. The lowest BCUT2D eigenvalue weighted by molar-refractivity contribution is -0.133. The average molecular weight is 648 g/mol. The molecule has 1 fully saturated rings. The van der Waals surface area contributed by atoms with Crippen LogP contribution in [-0.2, 0) is 41.6 Å². The Labute approximate surface area is 279 Å². The summed E-state index contributed by atoms with van der Waals surface area (Å²) in [7, 11) is 0. The number of rotatable bonds is 20. The Morgan fingerprint density at radius 2 is 1.30 bits per heavy atom. The van der Waals surface area contributed by atoms with E-state index in [-0.39, 0.29) is 36.5 Å². The van der Waals surface area contributed by atoms with Crippen molar-refractivity contribution in [1.29, 1.82) is 0 Å². The maximum Gasteiger partial charge on any atom is 0.243 e. The zero-order chi connectivity index (χ0) is 34.4. The lowest BCUT2D eigenvalue weighted by Gasteiger charge is -2.25. The van der Waals surface area contributed by atoms with Crippen LogP contribution in [0.5, 0.6) is 0 Å². The maximum atomic E-state index is 13.6. The largest absolute Gasteiger partial charge is 0.361 e. The van der Waals surface area contributed by atoms with Crippen molar-refractivity contribution in [1.82, 2.24) is 21.3 Å². The van der Waals surface area contributed by atoms with Gasteiger partial charge in [-0.2, -0.15) is 0 Å². The van der Waals surface area contributed by atoms with E-state index in [9.17, 15) is 24.0 Å². The normalized spacial score (nSPS) is 17.3. The SMILES string of the molecule is CC(C)CC(NC(=O)C(CCc1ccccc1)NC(=O)C[CH]Cc1ccccc1)C(=O)NCC(=O)NC(CC(C)C)C(=O)[C@@]1(C)CO1. The van der Waals surface area contributed by atoms with Gasteiger partial charge >= 0.3 is 0 Å². The van der Waals surface area contributed by atoms with Crippen LogP contribution >= 0.6 is 0 Å². The van der Waals surface area contributed by atoms with Crippen LogP contribution in [-0.4, -0.2) is 66.3 Å². The Morgan fingerprint density at radius 1 is 0.745 bits per heavy atom. The molecule has 10 heteroatoms. The van der Waals surface area contributed by atoms with Gasteiger partial charge in [-0.05, 0) is 68.4 Å². The van der Waals surface area contributed by atoms with Gasteiger partial charge in [-0.1, -0.05) is 88.4 Å². The maximum absolute atomic E-state index is 13.6. The minimum atomic E-state index is -0.928. The monoisotopic (exact) mass is 647 g/mol. The summed E-state index contributed by atoms with van der Waals surface area (Å²) in [6, 6.07) is 16.9. The predicted molar refractivity (Wildman–Crippen MR) is 181 cm³/mol. The number of hydrogen-bond acceptors (Lipinski definition) is 6. The summed E-state index contributed by atoms with van der Waals surface area (Å²) in [6.07, 6.45) is 4.30. The van der Waals surface area contributed by atoms with Crippen LogP contribution in [0.3, 0.4) is 0 Å². The van der Waals surface area contributed by atoms with Crippen LogP contribution in [0.4, 0.5) is 0 Å². The van der Waals surface area contributed by atoms with Gasteiger partial charge < -0.3 is 26.0 Å². The molecule has 0 saturated carbocycles. The Balaban J connectivity index is 1.61. The Morgan fingerprint density at radius 3 is 1.87 bits per heavy atom. The van der Waals surface area contributed by atoms with Crippen LogP contribution in [0.15, 0.2) is 60.7 Å². The first kappa shape index (κ1) is 37.4. The molecule has 0 spiro atoms. The van der Waals surface area contributed by atoms with E-state index < -0.39 is 41.4 Å². The van der Waals surface area contributed by atoms with Crippen molar-refractivity contribution < 1.29 is 28.7 Å². The molecule has 0 aliphatic carbocycles. The number of ether oxygens (including phenoxy) is 1. The molecule has 3 rings (SSSR count). The fourth-order valence-electron chi connectivity index (χ4n) is 5.29. The molecular formula is C37H51N4O6. The van der Waals surface area contributed by atoms with Crippen LogP contribution in [0.1, 0.15) is 71.4 Å². The zero-order valence-electron chi connectivity index (χ0n) is 28.3. The first-order chi connectivity index (χ1) is 22.4. The number of hydrogen-bond donors (Lipinski definition) is 4. The van der Waals surface area contributed by atoms with Crippen molar-refractivity contribution in [3.05, 3.63) is 78.2 Å². The molecule has 255 valence electrons. The summed E-state index contributed by atoms with van der Waals surface area (Å²) >= 11 is 0. The second kappa shape index (κ2) is 18.3. The zero-order valence-corrected chi connectivity index (χ0v) is 28.3. The Hall–Kier alpha value is -4.05. The molecular weight excluding hydrogens is 596 g/mol. The van der Waals surface area contributed by atoms with Gasteiger partial charge in [0, 0.05) is 6.42 Å². The highest BCUT2D eigenvalue weighted by molar-refractivity contribution is 5.97. The van der Waals surface area contributed by atoms with E-state index >= 15 is 0 Å². The van der Waals surface area contributed by atoms with Gasteiger partial charge in [0.05, 0.1) is 19.2 Å². The summed E-state index contributed by atoms with van der Waals surface area (Å²) in [5.41, 5.74) is 1.23. The summed E-state index contributed by atoms with van der Waals surface area (Å²) < 4.78 is 5.29. The average Bonchev–Trinajstić information content (AvgIpc) is 3.79. The third kappa shape index (κ3) is 13.3. The number of nitrogens with one attached hydrogen (secondary N) is 4. The fourth-order valence-corrected chi connectivity index (χ4v) is 5.29. The quantitative estimate of drug-likeness (QED) is 0.162. The van der Waals surface area contributed by atoms with E-state index in [2.05, 4.69) is 21.3 Å². The second-order valence-electron chi connectivity index (χ2n) is 13.4. The summed E-state index contributed by atoms with van der Waals surface area (Å²) in [5.74, 6) is -1.75. The van der Waals surface area contributed by atoms with Gasteiger partial charge in [0.2, 0.25) is 23.6 Å². The number of carbonyl (C=O) groups excluding carboxylic acids is 5. The van der Waals surface area contributed by atoms with Gasteiger partial charge in [0.1, 0.15) is 17.7 Å². The highest BCUT2D eigenvalue weighted by Gasteiger charge is 2.50. The number of ketones is 1. The highest BCUT2D eigenvalue weighted by Crippen LogP contribution is 2.29. The number of epoxide rings is 1. The van der Waals surface area contributed by atoms with E-state index in [1.165, 1.54) is 0 Å². The molecule has 2 aromatic carbocycles. The predicted octanol–water partition coefficient (Wildman–Crippen LogP) is 3.48. The third-order valence-electron chi connectivity index (χ3n) is 7.99. The fraction of sp³-hybridized carbons (Fsp3) is 0.514. The number of amides is 4. The van der Waals surface area contributed by atoms with E-state index in [0.29, 0.717) is 38.7 Å². The molecule has 0 aromatic heterocycles. The van der Waals surface area contributed by atoms with Gasteiger partial charge in [-0.25, -0.2) is 0 Å². The van der Waals surface area contributed by atoms with Gasteiger partial charge in [0.15, 0.2) is 5.78 Å². The molecule has 2 aromatic rings.